The second-order valence-corrected chi connectivity index (χ2v) is 7.95. The number of nitrogens with one attached hydrogen (secondary N) is 2. The third kappa shape index (κ3) is 7.80. The fourth-order valence-electron chi connectivity index (χ4n) is 1.52. The number of carboxylic acid groups (broad SMARTS) is 1. The van der Waals surface area contributed by atoms with E-state index in [2.05, 4.69) is 10.6 Å². The maximum atomic E-state index is 11.8. The number of anilines is 1. The van der Waals surface area contributed by atoms with E-state index in [1.165, 1.54) is 12.1 Å². The zero-order chi connectivity index (χ0) is 18.1. The molecule has 2 amide bonds. The van der Waals surface area contributed by atoms with Crippen molar-refractivity contribution in [2.45, 2.75) is 6.04 Å². The molecule has 1 aromatic carbocycles. The third-order valence-corrected chi connectivity index (χ3v) is 5.32. The number of benzene rings is 1. The Morgan fingerprint density at radius 3 is 2.38 bits per heavy atom. The summed E-state index contributed by atoms with van der Waals surface area (Å²) in [5, 5.41) is 13.2. The van der Waals surface area contributed by atoms with Crippen molar-refractivity contribution in [2.24, 2.45) is 5.73 Å². The molecule has 0 aromatic heterocycles. The Hall–Kier alpha value is -1.58. The fourth-order valence-corrected chi connectivity index (χ4v) is 3.18. The Kier molecular flexibility index (Phi) is 8.80. The van der Waals surface area contributed by atoms with Gasteiger partial charge in [-0.25, -0.2) is 0 Å². The zero-order valence-electron chi connectivity index (χ0n) is 12.5. The van der Waals surface area contributed by atoms with Crippen LogP contribution in [0.25, 0.3) is 0 Å². The van der Waals surface area contributed by atoms with Gasteiger partial charge in [0.05, 0.1) is 0 Å². The summed E-state index contributed by atoms with van der Waals surface area (Å²) in [6.07, 6.45) is 0. The van der Waals surface area contributed by atoms with Crippen molar-refractivity contribution in [3.05, 3.63) is 24.3 Å². The zero-order valence-corrected chi connectivity index (χ0v) is 15.2. The van der Waals surface area contributed by atoms with Gasteiger partial charge in [0, 0.05) is 0 Å². The van der Waals surface area contributed by atoms with Crippen LogP contribution >= 0.6 is 11.8 Å². The van der Waals surface area contributed by atoms with E-state index in [1.54, 1.807) is 12.1 Å². The molecule has 1 rings (SSSR count). The Bertz CT molecular complexity index is 584. The Balaban J connectivity index is 2.30. The summed E-state index contributed by atoms with van der Waals surface area (Å²) in [6.45, 7) is -0.501. The second kappa shape index (κ2) is 10.3. The molecule has 0 aliphatic heterocycles. The predicted molar refractivity (Wildman–Crippen MR) is 90.8 cm³/mol. The average molecular weight is 419 g/mol. The van der Waals surface area contributed by atoms with Crippen LogP contribution in [0.1, 0.15) is 0 Å². The second-order valence-electron chi connectivity index (χ2n) is 4.62. The Morgan fingerprint density at radius 1 is 1.21 bits per heavy atom. The smallest absolute Gasteiger partial charge is 0.480 e. The molecular weight excluding hydrogens is 401 g/mol. The van der Waals surface area contributed by atoms with Crippen LogP contribution in [0.4, 0.5) is 5.69 Å². The van der Waals surface area contributed by atoms with Crippen molar-refractivity contribution in [1.29, 1.82) is 0 Å². The number of carbonyl (C=O) groups excluding carboxylic acids is 2. The molecule has 0 spiro atoms. The van der Waals surface area contributed by atoms with Gasteiger partial charge in [-0.05, 0) is 0 Å². The quantitative estimate of drug-likeness (QED) is 0.241. The van der Waals surface area contributed by atoms with Gasteiger partial charge in [0.15, 0.2) is 0 Å². The van der Waals surface area contributed by atoms with Gasteiger partial charge >= 0.3 is 131 Å². The molecule has 9 nitrogen and oxygen atoms in total. The van der Waals surface area contributed by atoms with Crippen molar-refractivity contribution in [1.82, 2.24) is 5.32 Å². The molecule has 0 aliphatic rings. The monoisotopic (exact) mass is 419 g/mol. The molecule has 1 atom stereocenters. The van der Waals surface area contributed by atoms with E-state index >= 15 is 0 Å². The van der Waals surface area contributed by atoms with E-state index in [4.69, 9.17) is 19.0 Å². The van der Waals surface area contributed by atoms with Gasteiger partial charge in [-0.1, -0.05) is 0 Å². The van der Waals surface area contributed by atoms with Gasteiger partial charge in [-0.15, -0.1) is 0 Å². The Morgan fingerprint density at radius 2 is 1.83 bits per heavy atom. The molecule has 7 N–H and O–H groups in total. The topological polar surface area (TPSA) is 162 Å². The normalized spacial score (nSPS) is 11.8. The first-order chi connectivity index (χ1) is 11.3. The van der Waals surface area contributed by atoms with Crippen molar-refractivity contribution >= 4 is 54.9 Å². The summed E-state index contributed by atoms with van der Waals surface area (Å²) in [7, 11) is 0. The van der Waals surface area contributed by atoms with Crippen molar-refractivity contribution in [2.75, 3.05) is 23.4 Å². The first kappa shape index (κ1) is 20.5. The maximum absolute atomic E-state index is 11.8. The number of carbonyl (C=O) groups is 3. The van der Waals surface area contributed by atoms with Gasteiger partial charge < -0.3 is 5.11 Å². The Labute approximate surface area is 147 Å². The predicted octanol–water partition coefficient (Wildman–Crippen LogP) is -2.43. The van der Waals surface area contributed by atoms with E-state index in [9.17, 15) is 14.4 Å². The summed E-state index contributed by atoms with van der Waals surface area (Å²) in [5.74, 6) is -1.81. The number of aliphatic carboxylic acids is 1. The van der Waals surface area contributed by atoms with Gasteiger partial charge in [0.1, 0.15) is 6.54 Å². The summed E-state index contributed by atoms with van der Waals surface area (Å²) in [4.78, 5) is 33.5. The number of hydrogen-bond acceptors (Lipinski definition) is 7. The van der Waals surface area contributed by atoms with Crippen LogP contribution in [0.3, 0.4) is 0 Å². The molecule has 0 saturated carbocycles. The van der Waals surface area contributed by atoms with Crippen LogP contribution in [0.15, 0.2) is 24.3 Å². The van der Waals surface area contributed by atoms with Gasteiger partial charge in [-0.2, -0.15) is 0 Å². The molecule has 0 unspecified atom stereocenters. The van der Waals surface area contributed by atoms with Gasteiger partial charge in [-0.3, -0.25) is 4.79 Å². The standard InChI is InChI=1S/C13H18AsN3O6S/c15-10(13(21)16-5-12(19)20)6-24-7-11(18)17-9-3-1-8(2-4-9)14(22)23/h1-4,10,22-23H,5-7,15H2,(H,16,21)(H,17,18)(H,19,20)/t10-/m0/s1. The molecule has 0 fully saturated rings. The van der Waals surface area contributed by atoms with Crippen LogP contribution in [0, 0.1) is 0 Å². The minimum absolute atomic E-state index is 0.0689. The van der Waals surface area contributed by atoms with Gasteiger partial charge in [0.25, 0.3) is 0 Å². The van der Waals surface area contributed by atoms with E-state index in [0.29, 0.717) is 10.0 Å². The average Bonchev–Trinajstić information content (AvgIpc) is 2.52. The van der Waals surface area contributed by atoms with Crippen LogP contribution in [0.2, 0.25) is 0 Å². The molecule has 0 aliphatic carbocycles. The molecule has 11 heteroatoms. The minimum atomic E-state index is -2.91. The van der Waals surface area contributed by atoms with Crippen molar-refractivity contribution in [3.8, 4) is 0 Å². The number of hydrogen-bond donors (Lipinski definition) is 6. The number of amides is 2. The van der Waals surface area contributed by atoms with E-state index in [-0.39, 0.29) is 17.4 Å². The molecule has 0 saturated heterocycles. The summed E-state index contributed by atoms with van der Waals surface area (Å²) in [5.41, 5.74) is 6.10. The van der Waals surface area contributed by atoms with Crippen LogP contribution < -0.4 is 20.7 Å². The summed E-state index contributed by atoms with van der Waals surface area (Å²) in [6, 6.07) is 5.29. The molecular formula is C13H18AsN3O6S. The number of thioether (sulfide) groups is 1. The minimum Gasteiger partial charge on any atom is -0.480 e. The van der Waals surface area contributed by atoms with Crippen LogP contribution in [-0.4, -0.2) is 70.5 Å². The molecule has 0 radical (unpaired) electrons. The third-order valence-electron chi connectivity index (χ3n) is 2.66. The van der Waals surface area contributed by atoms with E-state index in [0.717, 1.165) is 11.8 Å². The first-order valence-corrected chi connectivity index (χ1v) is 10.5. The van der Waals surface area contributed by atoms with E-state index < -0.39 is 39.8 Å². The van der Waals surface area contributed by atoms with E-state index in [1.807, 2.05) is 0 Å². The molecule has 1 aromatic rings. The fraction of sp³-hybridized carbons (Fsp3) is 0.308. The van der Waals surface area contributed by atoms with Crippen LogP contribution in [0.5, 0.6) is 0 Å². The molecule has 0 heterocycles. The van der Waals surface area contributed by atoms with Crippen molar-refractivity contribution in [3.63, 3.8) is 0 Å². The first-order valence-electron chi connectivity index (χ1n) is 6.70. The molecule has 132 valence electrons. The number of rotatable bonds is 9. The summed E-state index contributed by atoms with van der Waals surface area (Å²) >= 11 is -1.77. The van der Waals surface area contributed by atoms with Crippen molar-refractivity contribution < 1.29 is 27.7 Å². The SMILES string of the molecule is N[C@@H](CSCC(=O)Nc1ccc([As](O)O)cc1)C(=O)NCC(=O)O. The summed E-state index contributed by atoms with van der Waals surface area (Å²) < 4.78 is 18.7. The number of carboxylic acids is 1. The molecule has 24 heavy (non-hydrogen) atoms. The van der Waals surface area contributed by atoms with Crippen LogP contribution in [-0.2, 0) is 14.4 Å². The number of nitrogens with two attached hydrogens (primary N) is 1. The van der Waals surface area contributed by atoms with Gasteiger partial charge in [0.2, 0.25) is 0 Å². The molecule has 0 bridgehead atoms.